The van der Waals surface area contributed by atoms with E-state index in [9.17, 15) is 0 Å². The van der Waals surface area contributed by atoms with Crippen LogP contribution in [0.1, 0.15) is 13.8 Å². The van der Waals surface area contributed by atoms with Crippen LogP contribution in [0.25, 0.3) is 0 Å². The van der Waals surface area contributed by atoms with E-state index < -0.39 is 0 Å². The van der Waals surface area contributed by atoms with Crippen LogP contribution >= 0.6 is 0 Å². The fourth-order valence-electron chi connectivity index (χ4n) is 1.25. The highest BCUT2D eigenvalue weighted by Crippen LogP contribution is 2.16. The normalized spacial score (nSPS) is 11.6. The van der Waals surface area contributed by atoms with Crippen LogP contribution in [-0.4, -0.2) is 30.3 Å². The molecule has 0 aliphatic rings. The molecule has 5 nitrogen and oxygen atoms in total. The lowest BCUT2D eigenvalue weighted by atomic mass is 10.3. The average molecular weight is 237 g/mol. The summed E-state index contributed by atoms with van der Waals surface area (Å²) in [5.41, 5.74) is 6.44. The van der Waals surface area contributed by atoms with Crippen LogP contribution in [0, 0.1) is 0 Å². The molecule has 0 radical (unpaired) electrons. The fourth-order valence-corrected chi connectivity index (χ4v) is 1.25. The number of benzene rings is 1. The van der Waals surface area contributed by atoms with Gasteiger partial charge >= 0.3 is 0 Å². The zero-order chi connectivity index (χ0) is 12.7. The van der Waals surface area contributed by atoms with Gasteiger partial charge in [0.1, 0.15) is 5.75 Å². The zero-order valence-electron chi connectivity index (χ0n) is 10.2. The predicted octanol–water partition coefficient (Wildman–Crippen LogP) is 1.19. The molecule has 1 aromatic carbocycles. The van der Waals surface area contributed by atoms with Crippen molar-refractivity contribution in [3.63, 3.8) is 0 Å². The van der Waals surface area contributed by atoms with Crippen LogP contribution in [0.3, 0.4) is 0 Å². The first-order valence-corrected chi connectivity index (χ1v) is 5.56. The molecule has 0 aromatic heterocycles. The molecule has 0 atom stereocenters. The lowest BCUT2D eigenvalue weighted by Crippen LogP contribution is -2.23. The molecule has 0 spiro atoms. The summed E-state index contributed by atoms with van der Waals surface area (Å²) in [6.45, 7) is 4.24. The third-order valence-electron chi connectivity index (χ3n) is 1.88. The SMILES string of the molecule is CC(C)Oc1ccc(NC(N)=NCCO)cc1. The average Bonchev–Trinajstić information content (AvgIpc) is 2.28. The van der Waals surface area contributed by atoms with Crippen molar-refractivity contribution in [2.45, 2.75) is 20.0 Å². The molecule has 94 valence electrons. The number of hydrogen-bond acceptors (Lipinski definition) is 3. The van der Waals surface area contributed by atoms with Crippen molar-refractivity contribution in [2.24, 2.45) is 10.7 Å². The Kier molecular flexibility index (Phi) is 5.29. The molecule has 0 bridgehead atoms. The van der Waals surface area contributed by atoms with Crippen LogP contribution in [-0.2, 0) is 0 Å². The van der Waals surface area contributed by atoms with E-state index in [0.717, 1.165) is 11.4 Å². The fraction of sp³-hybridized carbons (Fsp3) is 0.417. The van der Waals surface area contributed by atoms with Crippen molar-refractivity contribution in [1.82, 2.24) is 0 Å². The van der Waals surface area contributed by atoms with Crippen molar-refractivity contribution in [3.05, 3.63) is 24.3 Å². The molecule has 0 fully saturated rings. The first-order chi connectivity index (χ1) is 8.11. The van der Waals surface area contributed by atoms with Gasteiger partial charge in [0.25, 0.3) is 0 Å². The summed E-state index contributed by atoms with van der Waals surface area (Å²) in [5, 5.41) is 11.5. The van der Waals surface area contributed by atoms with Gasteiger partial charge in [-0.25, -0.2) is 0 Å². The van der Waals surface area contributed by atoms with Crippen molar-refractivity contribution >= 4 is 11.6 Å². The summed E-state index contributed by atoms with van der Waals surface area (Å²) < 4.78 is 5.52. The lowest BCUT2D eigenvalue weighted by molar-refractivity contribution is 0.242. The number of rotatable bonds is 5. The van der Waals surface area contributed by atoms with Crippen LogP contribution < -0.4 is 15.8 Å². The Bertz CT molecular complexity index is 361. The van der Waals surface area contributed by atoms with Gasteiger partial charge in [-0.05, 0) is 38.1 Å². The highest BCUT2D eigenvalue weighted by Gasteiger charge is 1.98. The van der Waals surface area contributed by atoms with Crippen molar-refractivity contribution in [2.75, 3.05) is 18.5 Å². The number of nitrogens with two attached hydrogens (primary N) is 1. The second-order valence-electron chi connectivity index (χ2n) is 3.81. The van der Waals surface area contributed by atoms with Gasteiger partial charge in [0.05, 0.1) is 19.3 Å². The number of anilines is 1. The maximum absolute atomic E-state index is 8.59. The number of guanidine groups is 1. The number of nitrogens with zero attached hydrogens (tertiary/aromatic N) is 1. The zero-order valence-corrected chi connectivity index (χ0v) is 10.2. The van der Waals surface area contributed by atoms with Gasteiger partial charge in [-0.15, -0.1) is 0 Å². The van der Waals surface area contributed by atoms with E-state index in [1.54, 1.807) is 0 Å². The molecule has 1 aromatic rings. The molecule has 1 rings (SSSR count). The topological polar surface area (TPSA) is 79.9 Å². The molecule has 0 unspecified atom stereocenters. The van der Waals surface area contributed by atoms with Gasteiger partial charge in [-0.3, -0.25) is 4.99 Å². The molecule has 0 aliphatic heterocycles. The van der Waals surface area contributed by atoms with Gasteiger partial charge in [-0.1, -0.05) is 0 Å². The van der Waals surface area contributed by atoms with E-state index in [4.69, 9.17) is 15.6 Å². The predicted molar refractivity (Wildman–Crippen MR) is 69.4 cm³/mol. The Labute approximate surface area is 101 Å². The molecular weight excluding hydrogens is 218 g/mol. The molecule has 0 amide bonds. The number of nitrogens with one attached hydrogen (secondary N) is 1. The highest BCUT2D eigenvalue weighted by atomic mass is 16.5. The maximum Gasteiger partial charge on any atom is 0.193 e. The van der Waals surface area contributed by atoms with E-state index >= 15 is 0 Å². The largest absolute Gasteiger partial charge is 0.491 e. The highest BCUT2D eigenvalue weighted by molar-refractivity contribution is 5.92. The molecule has 4 N–H and O–H groups in total. The Morgan fingerprint density at radius 1 is 1.41 bits per heavy atom. The van der Waals surface area contributed by atoms with E-state index in [1.165, 1.54) is 0 Å². The molecule has 0 saturated carbocycles. The number of aliphatic hydroxyl groups excluding tert-OH is 1. The molecular formula is C12H19N3O2. The monoisotopic (exact) mass is 237 g/mol. The van der Waals surface area contributed by atoms with Crippen LogP contribution in [0.4, 0.5) is 5.69 Å². The minimum Gasteiger partial charge on any atom is -0.491 e. The standard InChI is InChI=1S/C12H19N3O2/c1-9(2)17-11-5-3-10(4-6-11)15-12(13)14-7-8-16/h3-6,9,16H,7-8H2,1-2H3,(H3,13,14,15). The molecule has 0 aliphatic carbocycles. The van der Waals surface area contributed by atoms with Crippen molar-refractivity contribution in [3.8, 4) is 5.75 Å². The summed E-state index contributed by atoms with van der Waals surface area (Å²) in [5.74, 6) is 1.10. The Morgan fingerprint density at radius 2 is 2.06 bits per heavy atom. The first kappa shape index (κ1) is 13.3. The van der Waals surface area contributed by atoms with E-state index in [0.29, 0.717) is 6.54 Å². The van der Waals surface area contributed by atoms with E-state index in [-0.39, 0.29) is 18.7 Å². The first-order valence-electron chi connectivity index (χ1n) is 5.56. The number of hydrogen-bond donors (Lipinski definition) is 3. The molecule has 17 heavy (non-hydrogen) atoms. The Hall–Kier alpha value is -1.75. The van der Waals surface area contributed by atoms with Gasteiger partial charge in [0.15, 0.2) is 5.96 Å². The van der Waals surface area contributed by atoms with E-state index in [2.05, 4.69) is 10.3 Å². The number of aliphatic imine (C=N–C) groups is 1. The van der Waals surface area contributed by atoms with Gasteiger partial charge in [0, 0.05) is 5.69 Å². The molecule has 5 heteroatoms. The number of aliphatic hydroxyl groups is 1. The second-order valence-corrected chi connectivity index (χ2v) is 3.81. The summed E-state index contributed by atoms with van der Waals surface area (Å²) in [7, 11) is 0. The quantitative estimate of drug-likeness (QED) is 0.531. The summed E-state index contributed by atoms with van der Waals surface area (Å²) in [4.78, 5) is 3.91. The number of ether oxygens (including phenoxy) is 1. The smallest absolute Gasteiger partial charge is 0.193 e. The van der Waals surface area contributed by atoms with Crippen molar-refractivity contribution < 1.29 is 9.84 Å². The van der Waals surface area contributed by atoms with Gasteiger partial charge < -0.3 is 20.9 Å². The molecule has 0 saturated heterocycles. The lowest BCUT2D eigenvalue weighted by Gasteiger charge is -2.10. The maximum atomic E-state index is 8.59. The summed E-state index contributed by atoms with van der Waals surface area (Å²) in [6.07, 6.45) is 0.157. The Morgan fingerprint density at radius 3 is 2.59 bits per heavy atom. The van der Waals surface area contributed by atoms with Gasteiger partial charge in [0.2, 0.25) is 0 Å². The minimum absolute atomic E-state index is 0.0104. The molecule has 0 heterocycles. The second kappa shape index (κ2) is 6.75. The van der Waals surface area contributed by atoms with Crippen LogP contribution in [0.2, 0.25) is 0 Å². The van der Waals surface area contributed by atoms with E-state index in [1.807, 2.05) is 38.1 Å². The van der Waals surface area contributed by atoms with Crippen LogP contribution in [0.5, 0.6) is 5.75 Å². The van der Waals surface area contributed by atoms with Gasteiger partial charge in [-0.2, -0.15) is 0 Å². The van der Waals surface area contributed by atoms with Crippen molar-refractivity contribution in [1.29, 1.82) is 0 Å². The third-order valence-corrected chi connectivity index (χ3v) is 1.88. The Balaban J connectivity index is 2.56. The van der Waals surface area contributed by atoms with Crippen LogP contribution in [0.15, 0.2) is 29.3 Å². The third kappa shape index (κ3) is 5.21. The summed E-state index contributed by atoms with van der Waals surface area (Å²) >= 11 is 0. The summed E-state index contributed by atoms with van der Waals surface area (Å²) in [6, 6.07) is 7.45. The minimum atomic E-state index is -0.0104.